The molecule has 1 atom stereocenters. The fraction of sp³-hybridized carbons (Fsp3) is 0.542. The van der Waals surface area contributed by atoms with Crippen LogP contribution in [0.3, 0.4) is 0 Å². The van der Waals surface area contributed by atoms with Gasteiger partial charge in [-0.05, 0) is 74.9 Å². The Labute approximate surface area is 173 Å². The number of nitrogens with zero attached hydrogens (tertiary/aromatic N) is 2. The number of aryl methyl sites for hydroxylation is 1. The van der Waals surface area contributed by atoms with Gasteiger partial charge in [0.1, 0.15) is 0 Å². The molecular formula is C24H32N2O3. The third-order valence-corrected chi connectivity index (χ3v) is 6.31. The lowest BCUT2D eigenvalue weighted by atomic mass is 9.95. The summed E-state index contributed by atoms with van der Waals surface area (Å²) in [5.74, 6) is 0.955. The molecule has 5 nitrogen and oxygen atoms in total. The molecule has 156 valence electrons. The third kappa shape index (κ3) is 5.28. The molecule has 0 aliphatic carbocycles. The molecule has 0 saturated carbocycles. The highest BCUT2D eigenvalue weighted by molar-refractivity contribution is 5.91. The fourth-order valence-corrected chi connectivity index (χ4v) is 4.50. The van der Waals surface area contributed by atoms with Crippen LogP contribution in [0, 0.1) is 12.8 Å². The average Bonchev–Trinajstić information content (AvgIpc) is 3.44. The first kappa shape index (κ1) is 20.2. The monoisotopic (exact) mass is 396 g/mol. The molecule has 0 N–H and O–H groups in total. The predicted molar refractivity (Wildman–Crippen MR) is 113 cm³/mol. The zero-order chi connectivity index (χ0) is 20.1. The minimum Gasteiger partial charge on any atom is -0.459 e. The van der Waals surface area contributed by atoms with Crippen LogP contribution in [0.1, 0.15) is 47.4 Å². The maximum atomic E-state index is 13.0. The Morgan fingerprint density at radius 3 is 2.62 bits per heavy atom. The largest absolute Gasteiger partial charge is 0.459 e. The number of carbonyl (C=O) groups excluding carboxylic acids is 1. The molecule has 1 aromatic carbocycles. The van der Waals surface area contributed by atoms with Gasteiger partial charge in [-0.25, -0.2) is 0 Å². The zero-order valence-corrected chi connectivity index (χ0v) is 17.4. The van der Waals surface area contributed by atoms with Crippen molar-refractivity contribution >= 4 is 5.91 Å². The van der Waals surface area contributed by atoms with Crippen molar-refractivity contribution < 1.29 is 13.9 Å². The lowest BCUT2D eigenvalue weighted by molar-refractivity contribution is 0.0422. The van der Waals surface area contributed by atoms with Crippen LogP contribution in [-0.2, 0) is 11.3 Å². The van der Waals surface area contributed by atoms with Gasteiger partial charge in [-0.15, -0.1) is 0 Å². The minimum absolute atomic E-state index is 0.00663. The van der Waals surface area contributed by atoms with Gasteiger partial charge in [-0.3, -0.25) is 9.69 Å². The van der Waals surface area contributed by atoms with Crippen LogP contribution in [0.25, 0.3) is 0 Å². The number of piperidine rings is 1. The summed E-state index contributed by atoms with van der Waals surface area (Å²) in [7, 11) is 0. The van der Waals surface area contributed by atoms with E-state index in [0.29, 0.717) is 18.2 Å². The van der Waals surface area contributed by atoms with E-state index < -0.39 is 0 Å². The molecule has 3 heterocycles. The molecule has 2 fully saturated rings. The molecule has 29 heavy (non-hydrogen) atoms. The van der Waals surface area contributed by atoms with Gasteiger partial charge in [-0.1, -0.05) is 24.3 Å². The summed E-state index contributed by atoms with van der Waals surface area (Å²) < 4.78 is 11.2. The second-order valence-electron chi connectivity index (χ2n) is 8.47. The van der Waals surface area contributed by atoms with Gasteiger partial charge in [0, 0.05) is 26.2 Å². The van der Waals surface area contributed by atoms with Crippen LogP contribution in [0.15, 0.2) is 47.1 Å². The van der Waals surface area contributed by atoms with Crippen LogP contribution in [0.4, 0.5) is 0 Å². The van der Waals surface area contributed by atoms with Crippen LogP contribution in [-0.4, -0.2) is 54.6 Å². The van der Waals surface area contributed by atoms with Crippen molar-refractivity contribution in [2.75, 3.05) is 32.8 Å². The van der Waals surface area contributed by atoms with E-state index in [1.54, 1.807) is 18.4 Å². The van der Waals surface area contributed by atoms with E-state index in [4.69, 9.17) is 9.15 Å². The molecular weight excluding hydrogens is 364 g/mol. The smallest absolute Gasteiger partial charge is 0.289 e. The van der Waals surface area contributed by atoms with Crippen LogP contribution in [0.2, 0.25) is 0 Å². The Balaban J connectivity index is 1.33. The third-order valence-electron chi connectivity index (χ3n) is 6.31. The molecule has 0 spiro atoms. The first-order valence-corrected chi connectivity index (χ1v) is 10.9. The van der Waals surface area contributed by atoms with E-state index in [9.17, 15) is 4.79 Å². The molecule has 1 unspecified atom stereocenters. The molecule has 2 aliphatic heterocycles. The molecule has 1 amide bonds. The fourth-order valence-electron chi connectivity index (χ4n) is 4.50. The second-order valence-corrected chi connectivity index (χ2v) is 8.47. The van der Waals surface area contributed by atoms with E-state index >= 15 is 0 Å². The number of rotatable bonds is 7. The Kier molecular flexibility index (Phi) is 6.67. The topological polar surface area (TPSA) is 45.9 Å². The highest BCUT2D eigenvalue weighted by atomic mass is 16.5. The summed E-state index contributed by atoms with van der Waals surface area (Å²) in [4.78, 5) is 17.5. The van der Waals surface area contributed by atoms with Crippen molar-refractivity contribution in [2.45, 2.75) is 45.3 Å². The molecule has 0 radical (unpaired) electrons. The quantitative estimate of drug-likeness (QED) is 0.706. The van der Waals surface area contributed by atoms with Gasteiger partial charge < -0.3 is 14.1 Å². The maximum Gasteiger partial charge on any atom is 0.289 e. The molecule has 2 saturated heterocycles. The van der Waals surface area contributed by atoms with E-state index in [1.807, 2.05) is 4.90 Å². The summed E-state index contributed by atoms with van der Waals surface area (Å²) in [5.41, 5.74) is 2.78. The highest BCUT2D eigenvalue weighted by Crippen LogP contribution is 2.23. The van der Waals surface area contributed by atoms with Crippen molar-refractivity contribution in [3.05, 3.63) is 59.5 Å². The number of hydrogen-bond acceptors (Lipinski definition) is 4. The van der Waals surface area contributed by atoms with E-state index in [-0.39, 0.29) is 12.0 Å². The first-order chi connectivity index (χ1) is 14.2. The van der Waals surface area contributed by atoms with E-state index in [0.717, 1.165) is 58.5 Å². The van der Waals surface area contributed by atoms with Gasteiger partial charge in [0.25, 0.3) is 5.91 Å². The Morgan fingerprint density at radius 1 is 1.10 bits per heavy atom. The zero-order valence-electron chi connectivity index (χ0n) is 17.4. The number of furan rings is 1. The molecule has 2 aliphatic rings. The summed E-state index contributed by atoms with van der Waals surface area (Å²) in [6.45, 7) is 7.64. The maximum absolute atomic E-state index is 13.0. The molecule has 1 aromatic heterocycles. The number of likely N-dealkylation sites (tertiary alicyclic amines) is 1. The van der Waals surface area contributed by atoms with Crippen LogP contribution >= 0.6 is 0 Å². The van der Waals surface area contributed by atoms with Crippen LogP contribution < -0.4 is 0 Å². The molecule has 0 bridgehead atoms. The van der Waals surface area contributed by atoms with Gasteiger partial charge in [0.05, 0.1) is 12.4 Å². The van der Waals surface area contributed by atoms with Gasteiger partial charge in [-0.2, -0.15) is 0 Å². The van der Waals surface area contributed by atoms with E-state index in [1.165, 1.54) is 11.1 Å². The minimum atomic E-state index is -0.00663. The van der Waals surface area contributed by atoms with Crippen LogP contribution in [0.5, 0.6) is 0 Å². The number of carbonyl (C=O) groups is 1. The number of benzene rings is 1. The Bertz CT molecular complexity index is 775. The second kappa shape index (κ2) is 9.59. The molecule has 2 aromatic rings. The average molecular weight is 397 g/mol. The molecule has 5 heteroatoms. The van der Waals surface area contributed by atoms with E-state index in [2.05, 4.69) is 36.1 Å². The number of ether oxygens (including phenoxy) is 1. The standard InChI is InChI=1S/C24H32N2O3/c1-19-6-2-3-7-21(19)17-25-12-10-20(11-13-25)16-26(18-22-8-4-14-28-22)24(27)23-9-5-15-29-23/h2-3,5-7,9,15,20,22H,4,8,10-14,16-18H2,1H3. The summed E-state index contributed by atoms with van der Waals surface area (Å²) in [5, 5.41) is 0. The normalized spacial score (nSPS) is 20.8. The predicted octanol–water partition coefficient (Wildman–Crippen LogP) is 4.12. The van der Waals surface area contributed by atoms with Crippen molar-refractivity contribution in [1.29, 1.82) is 0 Å². The summed E-state index contributed by atoms with van der Waals surface area (Å²) >= 11 is 0. The van der Waals surface area contributed by atoms with Crippen molar-refractivity contribution in [1.82, 2.24) is 9.80 Å². The van der Waals surface area contributed by atoms with Crippen molar-refractivity contribution in [2.24, 2.45) is 5.92 Å². The van der Waals surface area contributed by atoms with Crippen molar-refractivity contribution in [3.8, 4) is 0 Å². The summed E-state index contributed by atoms with van der Waals surface area (Å²) in [6.07, 6.45) is 6.11. The van der Waals surface area contributed by atoms with Crippen molar-refractivity contribution in [3.63, 3.8) is 0 Å². The SMILES string of the molecule is Cc1ccccc1CN1CCC(CN(CC2CCCO2)C(=O)c2ccco2)CC1. The number of hydrogen-bond donors (Lipinski definition) is 0. The lowest BCUT2D eigenvalue weighted by Crippen LogP contribution is -2.43. The first-order valence-electron chi connectivity index (χ1n) is 10.9. The lowest BCUT2D eigenvalue weighted by Gasteiger charge is -2.35. The Morgan fingerprint density at radius 2 is 1.93 bits per heavy atom. The van der Waals surface area contributed by atoms with Gasteiger partial charge >= 0.3 is 0 Å². The number of amides is 1. The molecule has 4 rings (SSSR count). The van der Waals surface area contributed by atoms with Gasteiger partial charge in [0.15, 0.2) is 5.76 Å². The summed E-state index contributed by atoms with van der Waals surface area (Å²) in [6, 6.07) is 12.2. The Hall–Kier alpha value is -2.11. The van der Waals surface area contributed by atoms with Gasteiger partial charge in [0.2, 0.25) is 0 Å². The highest BCUT2D eigenvalue weighted by Gasteiger charge is 2.28.